The van der Waals surface area contributed by atoms with E-state index in [2.05, 4.69) is 26.2 Å². The normalized spacial score (nSPS) is 14.0. The fourth-order valence-electron chi connectivity index (χ4n) is 3.33. The number of guanidine groups is 1. The third-order valence-corrected chi connectivity index (χ3v) is 4.91. The molecule has 0 aliphatic carbocycles. The second-order valence-corrected chi connectivity index (χ2v) is 6.76. The highest BCUT2D eigenvalue weighted by Gasteiger charge is 2.20. The monoisotopic (exact) mass is 523 g/mol. The number of anilines is 1. The average Bonchev–Trinajstić information content (AvgIpc) is 2.77. The first-order valence-corrected chi connectivity index (χ1v) is 9.75. The van der Waals surface area contributed by atoms with E-state index in [0.717, 1.165) is 50.1 Å². The number of nitrogens with one attached hydrogen (secondary N) is 1. The van der Waals surface area contributed by atoms with Gasteiger partial charge in [-0.3, -0.25) is 0 Å². The fourth-order valence-corrected chi connectivity index (χ4v) is 3.33. The van der Waals surface area contributed by atoms with E-state index in [9.17, 15) is 4.39 Å². The van der Waals surface area contributed by atoms with Gasteiger partial charge in [-0.1, -0.05) is 6.07 Å². The van der Waals surface area contributed by atoms with Gasteiger partial charge in [0.15, 0.2) is 5.96 Å². The van der Waals surface area contributed by atoms with E-state index in [4.69, 9.17) is 10.00 Å². The van der Waals surface area contributed by atoms with Crippen molar-refractivity contribution in [1.82, 2.24) is 10.2 Å². The first kappa shape index (κ1) is 23.7. The Morgan fingerprint density at radius 3 is 2.63 bits per heavy atom. The van der Waals surface area contributed by atoms with Crippen molar-refractivity contribution in [1.29, 1.82) is 5.26 Å². The van der Waals surface area contributed by atoms with E-state index >= 15 is 0 Å². The summed E-state index contributed by atoms with van der Waals surface area (Å²) < 4.78 is 19.4. The summed E-state index contributed by atoms with van der Waals surface area (Å²) in [6.07, 6.45) is 0. The Kier molecular flexibility index (Phi) is 9.17. The van der Waals surface area contributed by atoms with Crippen LogP contribution in [-0.4, -0.2) is 50.7 Å². The lowest BCUT2D eigenvalue weighted by molar-refractivity contribution is 0.371. The molecule has 0 bridgehead atoms. The number of nitrogens with zero attached hydrogens (tertiary/aromatic N) is 4. The summed E-state index contributed by atoms with van der Waals surface area (Å²) in [7, 11) is 1.67. The molecule has 30 heavy (non-hydrogen) atoms. The summed E-state index contributed by atoms with van der Waals surface area (Å²) in [6, 6.07) is 14.5. The van der Waals surface area contributed by atoms with Crippen LogP contribution in [0.5, 0.6) is 5.75 Å². The van der Waals surface area contributed by atoms with Crippen LogP contribution in [0.15, 0.2) is 47.5 Å². The van der Waals surface area contributed by atoms with Gasteiger partial charge in [0.1, 0.15) is 11.6 Å². The van der Waals surface area contributed by atoms with E-state index in [-0.39, 0.29) is 36.3 Å². The summed E-state index contributed by atoms with van der Waals surface area (Å²) in [4.78, 5) is 9.12. The van der Waals surface area contributed by atoms with Crippen LogP contribution in [0.3, 0.4) is 0 Å². The Morgan fingerprint density at radius 1 is 1.20 bits per heavy atom. The molecule has 160 valence electrons. The molecule has 0 spiro atoms. The number of methoxy groups -OCH3 is 1. The first-order chi connectivity index (χ1) is 14.1. The molecule has 3 rings (SSSR count). The lowest BCUT2D eigenvalue weighted by Gasteiger charge is -2.37. The molecule has 0 unspecified atom stereocenters. The minimum absolute atomic E-state index is 0. The Balaban J connectivity index is 0.00000320. The smallest absolute Gasteiger partial charge is 0.194 e. The van der Waals surface area contributed by atoms with Crippen molar-refractivity contribution < 1.29 is 9.13 Å². The second-order valence-electron chi connectivity index (χ2n) is 6.76. The number of hydrogen-bond donors (Lipinski definition) is 1. The van der Waals surface area contributed by atoms with E-state index < -0.39 is 0 Å². The maximum absolute atomic E-state index is 14.1. The molecule has 0 aromatic heterocycles. The summed E-state index contributed by atoms with van der Waals surface area (Å²) in [5, 5.41) is 12.3. The van der Waals surface area contributed by atoms with Gasteiger partial charge in [0.25, 0.3) is 0 Å². The van der Waals surface area contributed by atoms with Gasteiger partial charge in [-0.25, -0.2) is 9.38 Å². The van der Waals surface area contributed by atoms with Crippen molar-refractivity contribution in [3.63, 3.8) is 0 Å². The SMILES string of the molecule is CCNC(=NCc1cc(C#N)ccc1F)N1CCN(c2cccc(OC)c2)CC1.I. The maximum Gasteiger partial charge on any atom is 0.194 e. The number of hydrogen-bond acceptors (Lipinski definition) is 4. The molecule has 1 heterocycles. The number of ether oxygens (including phenoxy) is 1. The van der Waals surface area contributed by atoms with Crippen LogP contribution in [0.25, 0.3) is 0 Å². The summed E-state index contributed by atoms with van der Waals surface area (Å²) in [5.74, 6) is 1.27. The van der Waals surface area contributed by atoms with Gasteiger partial charge in [0.2, 0.25) is 0 Å². The van der Waals surface area contributed by atoms with Gasteiger partial charge in [0, 0.05) is 50.0 Å². The van der Waals surface area contributed by atoms with E-state index in [1.54, 1.807) is 13.2 Å². The molecule has 6 nitrogen and oxygen atoms in total. The molecular formula is C22H27FIN5O. The van der Waals surface area contributed by atoms with Crippen LogP contribution in [0.2, 0.25) is 0 Å². The number of piperazine rings is 1. The van der Waals surface area contributed by atoms with Crippen molar-refractivity contribution in [2.24, 2.45) is 4.99 Å². The topological polar surface area (TPSA) is 63.9 Å². The number of benzene rings is 2. The third-order valence-electron chi connectivity index (χ3n) is 4.91. The minimum Gasteiger partial charge on any atom is -0.497 e. The Morgan fingerprint density at radius 2 is 1.97 bits per heavy atom. The van der Waals surface area contributed by atoms with Crippen LogP contribution in [0.1, 0.15) is 18.1 Å². The number of aliphatic imine (C=N–C) groups is 1. The molecule has 0 amide bonds. The maximum atomic E-state index is 14.1. The van der Waals surface area contributed by atoms with Crippen molar-refractivity contribution in [3.8, 4) is 11.8 Å². The predicted molar refractivity (Wildman–Crippen MR) is 128 cm³/mol. The Labute approximate surface area is 194 Å². The minimum atomic E-state index is -0.341. The highest BCUT2D eigenvalue weighted by Crippen LogP contribution is 2.22. The molecular weight excluding hydrogens is 496 g/mol. The number of rotatable bonds is 5. The lowest BCUT2D eigenvalue weighted by atomic mass is 10.1. The quantitative estimate of drug-likeness (QED) is 0.369. The molecule has 0 radical (unpaired) electrons. The van der Waals surface area contributed by atoms with Gasteiger partial charge >= 0.3 is 0 Å². The zero-order valence-electron chi connectivity index (χ0n) is 17.3. The van der Waals surface area contributed by atoms with Crippen LogP contribution < -0.4 is 15.0 Å². The van der Waals surface area contributed by atoms with Crippen LogP contribution in [-0.2, 0) is 6.54 Å². The number of halogens is 2. The van der Waals surface area contributed by atoms with Gasteiger partial charge in [-0.05, 0) is 37.3 Å². The fraction of sp³-hybridized carbons (Fsp3) is 0.364. The molecule has 2 aromatic carbocycles. The molecule has 1 N–H and O–H groups in total. The van der Waals surface area contributed by atoms with Crippen LogP contribution in [0.4, 0.5) is 10.1 Å². The van der Waals surface area contributed by atoms with Crippen molar-refractivity contribution in [3.05, 3.63) is 59.4 Å². The molecule has 0 saturated carbocycles. The van der Waals surface area contributed by atoms with Crippen molar-refractivity contribution in [2.75, 3.05) is 44.7 Å². The van der Waals surface area contributed by atoms with Gasteiger partial charge < -0.3 is 19.9 Å². The van der Waals surface area contributed by atoms with E-state index in [1.807, 2.05) is 31.2 Å². The molecule has 0 atom stereocenters. The third kappa shape index (κ3) is 5.98. The molecule has 8 heteroatoms. The highest BCUT2D eigenvalue weighted by molar-refractivity contribution is 14.0. The van der Waals surface area contributed by atoms with Gasteiger partial charge in [0.05, 0.1) is 25.3 Å². The standard InChI is InChI=1S/C22H26FN5O.HI/c1-3-25-22(26-16-18-13-17(15-24)7-8-21(18)23)28-11-9-27(10-12-28)19-5-4-6-20(14-19)29-2;/h4-8,13-14H,3,9-12,16H2,1-2H3,(H,25,26);1H. The average molecular weight is 523 g/mol. The van der Waals surface area contributed by atoms with Gasteiger partial charge in [-0.2, -0.15) is 5.26 Å². The molecule has 2 aromatic rings. The molecule has 1 aliphatic rings. The lowest BCUT2D eigenvalue weighted by Crippen LogP contribution is -2.52. The predicted octanol–water partition coefficient (Wildman–Crippen LogP) is 3.61. The Hall–Kier alpha value is -2.54. The summed E-state index contributed by atoms with van der Waals surface area (Å²) in [6.45, 7) is 6.27. The van der Waals surface area contributed by atoms with Crippen LogP contribution >= 0.6 is 24.0 Å². The Bertz CT molecular complexity index is 907. The van der Waals surface area contributed by atoms with Crippen molar-refractivity contribution in [2.45, 2.75) is 13.5 Å². The summed E-state index contributed by atoms with van der Waals surface area (Å²) >= 11 is 0. The zero-order chi connectivity index (χ0) is 20.6. The second kappa shape index (κ2) is 11.6. The molecule has 1 saturated heterocycles. The molecule has 1 aliphatic heterocycles. The molecule has 1 fully saturated rings. The van der Waals surface area contributed by atoms with E-state index in [0.29, 0.717) is 11.1 Å². The van der Waals surface area contributed by atoms with E-state index in [1.165, 1.54) is 12.1 Å². The van der Waals surface area contributed by atoms with Gasteiger partial charge in [-0.15, -0.1) is 24.0 Å². The first-order valence-electron chi connectivity index (χ1n) is 9.75. The largest absolute Gasteiger partial charge is 0.497 e. The highest BCUT2D eigenvalue weighted by atomic mass is 127. The van der Waals surface area contributed by atoms with Crippen molar-refractivity contribution >= 4 is 35.6 Å². The summed E-state index contributed by atoms with van der Waals surface area (Å²) in [5.41, 5.74) is 2.00. The zero-order valence-corrected chi connectivity index (χ0v) is 19.6. The number of nitriles is 1. The van der Waals surface area contributed by atoms with Crippen LogP contribution in [0, 0.1) is 17.1 Å².